The molecule has 0 bridgehead atoms. The number of hydrogen-bond donors (Lipinski definition) is 0. The van der Waals surface area contributed by atoms with E-state index in [1.165, 1.54) is 5.56 Å². The summed E-state index contributed by atoms with van der Waals surface area (Å²) in [4.78, 5) is 4.21. The van der Waals surface area contributed by atoms with Crippen LogP contribution in [0, 0.1) is 11.3 Å². The van der Waals surface area contributed by atoms with Gasteiger partial charge in [-0.3, -0.25) is 0 Å². The van der Waals surface area contributed by atoms with E-state index in [1.54, 1.807) is 30.1 Å². The van der Waals surface area contributed by atoms with Gasteiger partial charge in [-0.25, -0.2) is 4.98 Å². The topological polar surface area (TPSA) is 36.7 Å². The number of nitrogens with zero attached hydrogens (tertiary/aromatic N) is 2. The van der Waals surface area contributed by atoms with Crippen molar-refractivity contribution in [3.05, 3.63) is 59.8 Å². The monoisotopic (exact) mass is 226 g/mol. The third-order valence-electron chi connectivity index (χ3n) is 2.11. The number of rotatable bonds is 3. The maximum atomic E-state index is 8.91. The summed E-state index contributed by atoms with van der Waals surface area (Å²) in [6.07, 6.45) is 1.72. The SMILES string of the molecule is N#Cc1cccnc1SCc1ccccc1. The third kappa shape index (κ3) is 2.62. The lowest BCUT2D eigenvalue weighted by molar-refractivity contribution is 1.11. The van der Waals surface area contributed by atoms with Crippen LogP contribution in [0.5, 0.6) is 0 Å². The van der Waals surface area contributed by atoms with Crippen LogP contribution in [0.25, 0.3) is 0 Å². The van der Waals surface area contributed by atoms with Gasteiger partial charge in [-0.15, -0.1) is 11.8 Å². The zero-order valence-corrected chi connectivity index (χ0v) is 9.45. The van der Waals surface area contributed by atoms with Crippen molar-refractivity contribution in [2.45, 2.75) is 10.8 Å². The van der Waals surface area contributed by atoms with E-state index in [0.29, 0.717) is 5.56 Å². The first-order valence-corrected chi connectivity index (χ1v) is 5.90. The first-order chi connectivity index (χ1) is 7.90. The maximum absolute atomic E-state index is 8.91. The van der Waals surface area contributed by atoms with Gasteiger partial charge < -0.3 is 0 Å². The second-order valence-corrected chi connectivity index (χ2v) is 4.21. The molecule has 78 valence electrons. The average Bonchev–Trinajstić information content (AvgIpc) is 2.38. The van der Waals surface area contributed by atoms with Crippen LogP contribution in [0.1, 0.15) is 11.1 Å². The third-order valence-corrected chi connectivity index (χ3v) is 3.19. The van der Waals surface area contributed by atoms with Gasteiger partial charge in [0.25, 0.3) is 0 Å². The summed E-state index contributed by atoms with van der Waals surface area (Å²) in [5.41, 5.74) is 1.88. The van der Waals surface area contributed by atoms with Gasteiger partial charge in [0.15, 0.2) is 0 Å². The van der Waals surface area contributed by atoms with Gasteiger partial charge in [-0.2, -0.15) is 5.26 Å². The Morgan fingerprint density at radius 1 is 1.12 bits per heavy atom. The molecule has 0 N–H and O–H groups in total. The molecule has 2 nitrogen and oxygen atoms in total. The Bertz CT molecular complexity index is 503. The quantitative estimate of drug-likeness (QED) is 0.754. The minimum atomic E-state index is 0.642. The van der Waals surface area contributed by atoms with E-state index in [4.69, 9.17) is 5.26 Å². The predicted molar refractivity (Wildman–Crippen MR) is 65.0 cm³/mol. The Morgan fingerprint density at radius 3 is 2.69 bits per heavy atom. The highest BCUT2D eigenvalue weighted by Gasteiger charge is 2.02. The molecule has 2 aromatic rings. The van der Waals surface area contributed by atoms with Crippen LogP contribution >= 0.6 is 11.8 Å². The molecule has 1 aromatic heterocycles. The van der Waals surface area contributed by atoms with Crippen LogP contribution in [0.15, 0.2) is 53.7 Å². The van der Waals surface area contributed by atoms with Crippen molar-refractivity contribution >= 4 is 11.8 Å². The number of thioether (sulfide) groups is 1. The number of hydrogen-bond acceptors (Lipinski definition) is 3. The molecule has 0 aliphatic rings. The number of benzene rings is 1. The molecule has 0 unspecified atom stereocenters. The molecular weight excluding hydrogens is 216 g/mol. The summed E-state index contributed by atoms with van der Waals surface area (Å²) in [6.45, 7) is 0. The fourth-order valence-electron chi connectivity index (χ4n) is 1.32. The molecule has 0 spiro atoms. The van der Waals surface area contributed by atoms with Gasteiger partial charge in [-0.05, 0) is 17.7 Å². The molecule has 0 saturated carbocycles. The van der Waals surface area contributed by atoms with Crippen LogP contribution in [-0.4, -0.2) is 4.98 Å². The predicted octanol–water partition coefficient (Wildman–Crippen LogP) is 3.25. The standard InChI is InChI=1S/C13H10N2S/c14-9-12-7-4-8-15-13(12)16-10-11-5-2-1-3-6-11/h1-8H,10H2. The lowest BCUT2D eigenvalue weighted by atomic mass is 10.2. The molecule has 2 rings (SSSR count). The van der Waals surface area contributed by atoms with Gasteiger partial charge in [0.1, 0.15) is 11.1 Å². The van der Waals surface area contributed by atoms with Crippen LogP contribution < -0.4 is 0 Å². The molecule has 1 heterocycles. The molecule has 0 aliphatic carbocycles. The van der Waals surface area contributed by atoms with Crippen molar-refractivity contribution < 1.29 is 0 Å². The normalized spacial score (nSPS) is 9.69. The van der Waals surface area contributed by atoms with Crippen LogP contribution in [-0.2, 0) is 5.75 Å². The lowest BCUT2D eigenvalue weighted by Gasteiger charge is -2.02. The van der Waals surface area contributed by atoms with Crippen molar-refractivity contribution in [3.63, 3.8) is 0 Å². The molecule has 0 aliphatic heterocycles. The summed E-state index contributed by atoms with van der Waals surface area (Å²) in [7, 11) is 0. The maximum Gasteiger partial charge on any atom is 0.114 e. The second-order valence-electron chi connectivity index (χ2n) is 3.24. The van der Waals surface area contributed by atoms with Gasteiger partial charge in [0.05, 0.1) is 5.56 Å². The number of pyridine rings is 1. The average molecular weight is 226 g/mol. The fraction of sp³-hybridized carbons (Fsp3) is 0.0769. The summed E-state index contributed by atoms with van der Waals surface area (Å²) in [6, 6.07) is 15.9. The van der Waals surface area contributed by atoms with Crippen LogP contribution in [0.2, 0.25) is 0 Å². The highest BCUT2D eigenvalue weighted by molar-refractivity contribution is 7.98. The lowest BCUT2D eigenvalue weighted by Crippen LogP contribution is -1.86. The minimum Gasteiger partial charge on any atom is -0.249 e. The zero-order chi connectivity index (χ0) is 11.2. The first kappa shape index (κ1) is 10.7. The summed E-state index contributed by atoms with van der Waals surface area (Å²) in [5, 5.41) is 9.71. The minimum absolute atomic E-state index is 0.642. The van der Waals surface area contributed by atoms with Crippen molar-refractivity contribution in [2.75, 3.05) is 0 Å². The van der Waals surface area contributed by atoms with E-state index in [9.17, 15) is 0 Å². The first-order valence-electron chi connectivity index (χ1n) is 4.92. The Labute approximate surface area is 99.0 Å². The Kier molecular flexibility index (Phi) is 3.58. The molecule has 16 heavy (non-hydrogen) atoms. The highest BCUT2D eigenvalue weighted by Crippen LogP contribution is 2.23. The molecule has 0 saturated heterocycles. The van der Waals surface area contributed by atoms with E-state index in [2.05, 4.69) is 23.2 Å². The molecule has 0 fully saturated rings. The van der Waals surface area contributed by atoms with Crippen molar-refractivity contribution in [2.24, 2.45) is 0 Å². The van der Waals surface area contributed by atoms with E-state index in [0.717, 1.165) is 10.8 Å². The number of aromatic nitrogens is 1. The van der Waals surface area contributed by atoms with Crippen LogP contribution in [0.3, 0.4) is 0 Å². The van der Waals surface area contributed by atoms with E-state index in [-0.39, 0.29) is 0 Å². The van der Waals surface area contributed by atoms with Crippen molar-refractivity contribution in [1.29, 1.82) is 5.26 Å². The van der Waals surface area contributed by atoms with Gasteiger partial charge in [0, 0.05) is 11.9 Å². The summed E-state index contributed by atoms with van der Waals surface area (Å²) < 4.78 is 0. The Morgan fingerprint density at radius 2 is 1.94 bits per heavy atom. The fourth-order valence-corrected chi connectivity index (χ4v) is 2.22. The molecule has 0 amide bonds. The van der Waals surface area contributed by atoms with Crippen LogP contribution in [0.4, 0.5) is 0 Å². The number of nitriles is 1. The highest BCUT2D eigenvalue weighted by atomic mass is 32.2. The molecule has 0 radical (unpaired) electrons. The van der Waals surface area contributed by atoms with Gasteiger partial charge in [0.2, 0.25) is 0 Å². The summed E-state index contributed by atoms with van der Waals surface area (Å²) >= 11 is 1.59. The van der Waals surface area contributed by atoms with Crippen molar-refractivity contribution in [1.82, 2.24) is 4.98 Å². The zero-order valence-electron chi connectivity index (χ0n) is 8.63. The second kappa shape index (κ2) is 5.34. The molecule has 1 aromatic carbocycles. The molecular formula is C13H10N2S. The Balaban J connectivity index is 2.09. The van der Waals surface area contributed by atoms with Gasteiger partial charge in [-0.1, -0.05) is 30.3 Å². The molecule has 0 atom stereocenters. The van der Waals surface area contributed by atoms with E-state index < -0.39 is 0 Å². The smallest absolute Gasteiger partial charge is 0.114 e. The molecule has 3 heteroatoms. The van der Waals surface area contributed by atoms with Crippen molar-refractivity contribution in [3.8, 4) is 6.07 Å². The largest absolute Gasteiger partial charge is 0.249 e. The Hall–Kier alpha value is -1.79. The van der Waals surface area contributed by atoms with Gasteiger partial charge >= 0.3 is 0 Å². The summed E-state index contributed by atoms with van der Waals surface area (Å²) in [5.74, 6) is 0.840. The van der Waals surface area contributed by atoms with E-state index >= 15 is 0 Å². The van der Waals surface area contributed by atoms with E-state index in [1.807, 2.05) is 18.2 Å².